The molecule has 13 heteroatoms. The molecular weight excluding hydrogens is 541 g/mol. The molecule has 3 N–H and O–H groups in total. The Balaban J connectivity index is 1.45. The van der Waals surface area contributed by atoms with Gasteiger partial charge in [-0.2, -0.15) is 17.4 Å². The predicted molar refractivity (Wildman–Crippen MR) is 141 cm³/mol. The molecule has 3 aromatic rings. The molecule has 0 bridgehead atoms. The number of aromatic nitrogens is 1. The number of amides is 2. The van der Waals surface area contributed by atoms with Crippen molar-refractivity contribution in [3.8, 4) is 10.6 Å². The largest absolute Gasteiger partial charge is 0.350 e. The molecule has 0 radical (unpaired) electrons. The predicted octanol–water partition coefficient (Wildman–Crippen LogP) is 3.38. The van der Waals surface area contributed by atoms with Gasteiger partial charge in [0.05, 0.1) is 17.3 Å². The molecule has 9 nitrogen and oxygen atoms in total. The van der Waals surface area contributed by atoms with Gasteiger partial charge >= 0.3 is 0 Å². The van der Waals surface area contributed by atoms with Gasteiger partial charge in [-0.25, -0.2) is 9.37 Å². The minimum Gasteiger partial charge on any atom is -0.350 e. The number of hydrogen-bond acceptors (Lipinski definition) is 6. The fourth-order valence-corrected chi connectivity index (χ4v) is 6.41. The van der Waals surface area contributed by atoms with Gasteiger partial charge in [0, 0.05) is 23.2 Å². The Morgan fingerprint density at radius 1 is 1.22 bits per heavy atom. The zero-order valence-electron chi connectivity index (χ0n) is 20.2. The van der Waals surface area contributed by atoms with Gasteiger partial charge in [0.25, 0.3) is 10.2 Å². The van der Waals surface area contributed by atoms with Crippen molar-refractivity contribution in [1.29, 1.82) is 0 Å². The molecule has 37 heavy (non-hydrogen) atoms. The second kappa shape index (κ2) is 10.8. The van der Waals surface area contributed by atoms with Crippen LogP contribution in [-0.4, -0.2) is 48.7 Å². The van der Waals surface area contributed by atoms with Gasteiger partial charge in [0.1, 0.15) is 22.9 Å². The molecule has 2 heterocycles. The van der Waals surface area contributed by atoms with E-state index in [-0.39, 0.29) is 23.7 Å². The maximum Gasteiger partial charge on any atom is 0.280 e. The Morgan fingerprint density at radius 2 is 1.95 bits per heavy atom. The number of nitrogens with zero attached hydrogens (tertiary/aromatic N) is 2. The van der Waals surface area contributed by atoms with Crippen LogP contribution in [0.3, 0.4) is 0 Å². The standard InChI is InChI=1S/C24H25ClFN5O4S2/c1-13-6-4-5-7-16(13)24-28-14(2)21(36-24)12-27-22(32)19-11-20(31(3)37(34,35)30-19)23(33)29-15-8-9-18(26)17(25)10-15/h4-10,19-20,30H,11-12H2,1-3H3,(H,27,32)(H,29,33). The quantitative estimate of drug-likeness (QED) is 0.423. The average Bonchev–Trinajstić information content (AvgIpc) is 3.21. The van der Waals surface area contributed by atoms with E-state index in [0.29, 0.717) is 0 Å². The zero-order valence-corrected chi connectivity index (χ0v) is 22.6. The van der Waals surface area contributed by atoms with Gasteiger partial charge in [0.2, 0.25) is 11.8 Å². The van der Waals surface area contributed by atoms with Crippen LogP contribution in [0.15, 0.2) is 42.5 Å². The third-order valence-corrected chi connectivity index (χ3v) is 9.14. The average molecular weight is 566 g/mol. The Bertz CT molecular complexity index is 1460. The number of carbonyl (C=O) groups excluding carboxylic acids is 2. The summed E-state index contributed by atoms with van der Waals surface area (Å²) in [5.74, 6) is -1.89. The molecule has 1 saturated heterocycles. The number of benzene rings is 2. The van der Waals surface area contributed by atoms with Gasteiger partial charge in [-0.05, 0) is 44.0 Å². The Morgan fingerprint density at radius 3 is 2.65 bits per heavy atom. The summed E-state index contributed by atoms with van der Waals surface area (Å²) in [6.07, 6.45) is -0.113. The number of anilines is 1. The molecule has 0 aliphatic carbocycles. The molecule has 4 rings (SSSR count). The van der Waals surface area contributed by atoms with Crippen molar-refractivity contribution >= 4 is 50.6 Å². The first kappa shape index (κ1) is 27.1. The molecule has 2 aromatic carbocycles. The maximum absolute atomic E-state index is 13.4. The number of thiazole rings is 1. The summed E-state index contributed by atoms with van der Waals surface area (Å²) in [5, 5.41) is 5.93. The molecule has 1 aromatic heterocycles. The number of nitrogens with one attached hydrogen (secondary N) is 3. The summed E-state index contributed by atoms with van der Waals surface area (Å²) in [4.78, 5) is 31.3. The molecule has 196 valence electrons. The number of aryl methyl sites for hydroxylation is 2. The van der Waals surface area contributed by atoms with Crippen LogP contribution in [0.4, 0.5) is 10.1 Å². The number of halogens is 2. The number of likely N-dealkylation sites (N-methyl/N-ethyl adjacent to an activating group) is 1. The molecule has 2 unspecified atom stereocenters. The highest BCUT2D eigenvalue weighted by Gasteiger charge is 2.42. The Labute approximate surface area is 223 Å². The van der Waals surface area contributed by atoms with Gasteiger partial charge < -0.3 is 10.6 Å². The van der Waals surface area contributed by atoms with E-state index in [9.17, 15) is 22.4 Å². The van der Waals surface area contributed by atoms with Crippen molar-refractivity contribution in [2.75, 3.05) is 12.4 Å². The topological polar surface area (TPSA) is 120 Å². The van der Waals surface area contributed by atoms with Crippen molar-refractivity contribution in [3.05, 3.63) is 69.4 Å². The third kappa shape index (κ3) is 5.99. The molecular formula is C24H25ClFN5O4S2. The van der Waals surface area contributed by atoms with Crippen LogP contribution in [0.2, 0.25) is 5.02 Å². The summed E-state index contributed by atoms with van der Waals surface area (Å²) in [6, 6.07) is 9.13. The molecule has 0 saturated carbocycles. The van der Waals surface area contributed by atoms with Crippen LogP contribution in [0.1, 0.15) is 22.6 Å². The van der Waals surface area contributed by atoms with Gasteiger partial charge in [0.15, 0.2) is 0 Å². The van der Waals surface area contributed by atoms with Crippen molar-refractivity contribution < 1.29 is 22.4 Å². The van der Waals surface area contributed by atoms with E-state index < -0.39 is 39.9 Å². The monoisotopic (exact) mass is 565 g/mol. The Kier molecular flexibility index (Phi) is 7.95. The molecule has 1 fully saturated rings. The van der Waals surface area contributed by atoms with Crippen LogP contribution < -0.4 is 15.4 Å². The lowest BCUT2D eigenvalue weighted by molar-refractivity contribution is -0.124. The summed E-state index contributed by atoms with van der Waals surface area (Å²) in [7, 11) is -2.88. The second-order valence-electron chi connectivity index (χ2n) is 8.62. The van der Waals surface area contributed by atoms with E-state index in [1.807, 2.05) is 38.1 Å². The number of carbonyl (C=O) groups is 2. The highest BCUT2D eigenvalue weighted by Crippen LogP contribution is 2.30. The summed E-state index contributed by atoms with van der Waals surface area (Å²) in [5.41, 5.74) is 3.06. The Hall–Kier alpha value is -2.90. The van der Waals surface area contributed by atoms with Crippen molar-refractivity contribution in [3.63, 3.8) is 0 Å². The van der Waals surface area contributed by atoms with Gasteiger partial charge in [-0.1, -0.05) is 35.9 Å². The van der Waals surface area contributed by atoms with Crippen molar-refractivity contribution in [2.45, 2.75) is 38.9 Å². The normalized spacial score (nSPS) is 19.4. The first-order chi connectivity index (χ1) is 17.5. The smallest absolute Gasteiger partial charge is 0.280 e. The van der Waals surface area contributed by atoms with Crippen LogP contribution >= 0.6 is 22.9 Å². The first-order valence-electron chi connectivity index (χ1n) is 11.3. The van der Waals surface area contributed by atoms with E-state index in [1.54, 1.807) is 0 Å². The first-order valence-corrected chi connectivity index (χ1v) is 13.9. The molecule has 2 amide bonds. The van der Waals surface area contributed by atoms with E-state index in [1.165, 1.54) is 30.5 Å². The van der Waals surface area contributed by atoms with E-state index in [0.717, 1.165) is 37.1 Å². The minimum absolute atomic E-state index is 0.113. The lowest BCUT2D eigenvalue weighted by Crippen LogP contribution is -2.62. The molecule has 1 aliphatic heterocycles. The lowest BCUT2D eigenvalue weighted by Gasteiger charge is -2.35. The maximum atomic E-state index is 13.4. The van der Waals surface area contributed by atoms with E-state index in [4.69, 9.17) is 11.6 Å². The fourth-order valence-electron chi connectivity index (χ4n) is 3.89. The summed E-state index contributed by atoms with van der Waals surface area (Å²) in [6.45, 7) is 4.00. The van der Waals surface area contributed by atoms with Crippen LogP contribution in [-0.2, 0) is 26.3 Å². The van der Waals surface area contributed by atoms with Crippen molar-refractivity contribution in [1.82, 2.24) is 19.3 Å². The van der Waals surface area contributed by atoms with Crippen LogP contribution in [0.25, 0.3) is 10.6 Å². The van der Waals surface area contributed by atoms with E-state index >= 15 is 0 Å². The number of hydrogen-bond donors (Lipinski definition) is 3. The fraction of sp³-hybridized carbons (Fsp3) is 0.292. The van der Waals surface area contributed by atoms with Crippen molar-refractivity contribution in [2.24, 2.45) is 0 Å². The second-order valence-corrected chi connectivity index (χ2v) is 11.9. The third-order valence-electron chi connectivity index (χ3n) is 6.07. The molecule has 1 aliphatic rings. The highest BCUT2D eigenvalue weighted by atomic mass is 35.5. The van der Waals surface area contributed by atoms with Crippen LogP contribution in [0, 0.1) is 19.7 Å². The van der Waals surface area contributed by atoms with E-state index in [2.05, 4.69) is 20.3 Å². The molecule has 2 atom stereocenters. The van der Waals surface area contributed by atoms with Crippen LogP contribution in [0.5, 0.6) is 0 Å². The summed E-state index contributed by atoms with van der Waals surface area (Å²) >= 11 is 7.21. The molecule has 0 spiro atoms. The SMILES string of the molecule is Cc1ccccc1-c1nc(C)c(CNC(=O)C2CC(C(=O)Nc3ccc(F)c(Cl)c3)N(C)S(=O)(=O)N2)s1. The minimum atomic E-state index is -4.12. The van der Waals surface area contributed by atoms with Gasteiger partial charge in [-0.3, -0.25) is 9.59 Å². The number of rotatable bonds is 6. The zero-order chi connectivity index (χ0) is 26.9. The lowest BCUT2D eigenvalue weighted by atomic mass is 10.1. The van der Waals surface area contributed by atoms with Gasteiger partial charge in [-0.15, -0.1) is 11.3 Å². The highest BCUT2D eigenvalue weighted by molar-refractivity contribution is 7.87. The summed E-state index contributed by atoms with van der Waals surface area (Å²) < 4.78 is 41.9.